The number of hydrogen-bond donors (Lipinski definition) is 2. The normalized spacial score (nSPS) is 35.9. The fourth-order valence-corrected chi connectivity index (χ4v) is 2.81. The highest BCUT2D eigenvalue weighted by molar-refractivity contribution is 5.82. The molecule has 2 rings (SSSR count). The molecule has 2 N–H and O–H groups in total. The average Bonchev–Trinajstić information content (AvgIpc) is 3.04. The largest absolute Gasteiger partial charge is 0.380 e. The molecule has 0 saturated carbocycles. The van der Waals surface area contributed by atoms with Gasteiger partial charge in [0.25, 0.3) is 0 Å². The van der Waals surface area contributed by atoms with Gasteiger partial charge in [0.05, 0.1) is 18.2 Å². The van der Waals surface area contributed by atoms with Crippen molar-refractivity contribution in [3.05, 3.63) is 0 Å². The predicted octanol–water partition coefficient (Wildman–Crippen LogP) is 0.295. The van der Waals surface area contributed by atoms with E-state index in [1.165, 1.54) is 0 Å². The molecule has 2 heterocycles. The molecule has 0 aromatic carbocycles. The van der Waals surface area contributed by atoms with Gasteiger partial charge in [0.15, 0.2) is 0 Å². The fourth-order valence-electron chi connectivity index (χ4n) is 2.81. The van der Waals surface area contributed by atoms with Crippen LogP contribution in [-0.2, 0) is 14.3 Å². The van der Waals surface area contributed by atoms with Crippen molar-refractivity contribution in [2.45, 2.75) is 44.4 Å². The monoisotopic (exact) mass is 256 g/mol. The number of carbonyl (C=O) groups is 1. The molecular weight excluding hydrogens is 232 g/mol. The van der Waals surface area contributed by atoms with Gasteiger partial charge in [-0.2, -0.15) is 0 Å². The van der Waals surface area contributed by atoms with Gasteiger partial charge in [-0.1, -0.05) is 6.92 Å². The van der Waals surface area contributed by atoms with E-state index in [1.54, 1.807) is 7.11 Å². The second kappa shape index (κ2) is 6.50. The molecule has 2 fully saturated rings. The second-order valence-corrected chi connectivity index (χ2v) is 5.17. The van der Waals surface area contributed by atoms with Crippen molar-refractivity contribution >= 4 is 5.91 Å². The highest BCUT2D eigenvalue weighted by Gasteiger charge is 2.31. The van der Waals surface area contributed by atoms with Crippen LogP contribution in [0.15, 0.2) is 0 Å². The van der Waals surface area contributed by atoms with Crippen LogP contribution in [0.1, 0.15) is 26.2 Å². The van der Waals surface area contributed by atoms with Crippen LogP contribution in [0.5, 0.6) is 0 Å². The molecule has 0 bridgehead atoms. The molecule has 4 atom stereocenters. The second-order valence-electron chi connectivity index (χ2n) is 5.17. The van der Waals surface area contributed by atoms with Crippen molar-refractivity contribution in [1.29, 1.82) is 0 Å². The molecule has 4 unspecified atom stereocenters. The molecule has 0 aromatic rings. The standard InChI is InChI=1S/C13H24N2O3/c1-3-12-9(4-5-18-12)7-15-13(16)11-6-10(17-2)8-14-11/h9-12,14H,3-8H2,1-2H3,(H,15,16). The van der Waals surface area contributed by atoms with Gasteiger partial charge in [-0.15, -0.1) is 0 Å². The van der Waals surface area contributed by atoms with E-state index in [-0.39, 0.29) is 18.1 Å². The summed E-state index contributed by atoms with van der Waals surface area (Å²) in [6.07, 6.45) is 3.32. The fraction of sp³-hybridized carbons (Fsp3) is 0.923. The molecule has 104 valence electrons. The van der Waals surface area contributed by atoms with Crippen molar-refractivity contribution < 1.29 is 14.3 Å². The first-order valence-corrected chi connectivity index (χ1v) is 6.90. The Hall–Kier alpha value is -0.650. The van der Waals surface area contributed by atoms with Crippen molar-refractivity contribution in [2.75, 3.05) is 26.8 Å². The van der Waals surface area contributed by atoms with Crippen LogP contribution in [0, 0.1) is 5.92 Å². The summed E-state index contributed by atoms with van der Waals surface area (Å²) in [6, 6.07) is -0.0997. The smallest absolute Gasteiger partial charge is 0.237 e. The molecule has 0 aromatic heterocycles. The Morgan fingerprint density at radius 2 is 2.39 bits per heavy atom. The van der Waals surface area contributed by atoms with Crippen LogP contribution in [0.3, 0.4) is 0 Å². The van der Waals surface area contributed by atoms with E-state index < -0.39 is 0 Å². The van der Waals surface area contributed by atoms with E-state index in [4.69, 9.17) is 9.47 Å². The first-order chi connectivity index (χ1) is 8.74. The molecule has 1 amide bonds. The van der Waals surface area contributed by atoms with E-state index in [9.17, 15) is 4.79 Å². The molecule has 2 aliphatic rings. The van der Waals surface area contributed by atoms with E-state index in [0.717, 1.165) is 39.0 Å². The third kappa shape index (κ3) is 3.22. The maximum atomic E-state index is 12.0. The summed E-state index contributed by atoms with van der Waals surface area (Å²) in [4.78, 5) is 12.0. The maximum Gasteiger partial charge on any atom is 0.237 e. The van der Waals surface area contributed by atoms with Crippen molar-refractivity contribution in [3.8, 4) is 0 Å². The van der Waals surface area contributed by atoms with Crippen molar-refractivity contribution in [2.24, 2.45) is 5.92 Å². The predicted molar refractivity (Wildman–Crippen MR) is 68.4 cm³/mol. The van der Waals surface area contributed by atoms with E-state index in [0.29, 0.717) is 12.0 Å². The molecule has 0 spiro atoms. The number of rotatable bonds is 5. The zero-order valence-electron chi connectivity index (χ0n) is 11.3. The van der Waals surface area contributed by atoms with E-state index >= 15 is 0 Å². The van der Waals surface area contributed by atoms with Gasteiger partial charge >= 0.3 is 0 Å². The van der Waals surface area contributed by atoms with Crippen molar-refractivity contribution in [1.82, 2.24) is 10.6 Å². The first kappa shape index (κ1) is 13.8. The Balaban J connectivity index is 1.72. The number of carbonyl (C=O) groups excluding carboxylic acids is 1. The zero-order valence-corrected chi connectivity index (χ0v) is 11.3. The van der Waals surface area contributed by atoms with Gasteiger partial charge in [-0.3, -0.25) is 4.79 Å². The highest BCUT2D eigenvalue weighted by atomic mass is 16.5. The lowest BCUT2D eigenvalue weighted by Crippen LogP contribution is -2.43. The minimum Gasteiger partial charge on any atom is -0.380 e. The molecule has 0 aliphatic carbocycles. The highest BCUT2D eigenvalue weighted by Crippen LogP contribution is 2.22. The number of methoxy groups -OCH3 is 1. The third-order valence-corrected chi connectivity index (χ3v) is 4.03. The average molecular weight is 256 g/mol. The summed E-state index contributed by atoms with van der Waals surface area (Å²) in [5.74, 6) is 0.565. The molecule has 2 saturated heterocycles. The minimum atomic E-state index is -0.0997. The number of nitrogens with one attached hydrogen (secondary N) is 2. The summed E-state index contributed by atoms with van der Waals surface area (Å²) in [5, 5.41) is 6.23. The van der Waals surface area contributed by atoms with Crippen LogP contribution in [-0.4, -0.2) is 51.0 Å². The Morgan fingerprint density at radius 3 is 3.06 bits per heavy atom. The molecule has 18 heavy (non-hydrogen) atoms. The van der Waals surface area contributed by atoms with Crippen LogP contribution in [0.2, 0.25) is 0 Å². The van der Waals surface area contributed by atoms with Crippen LogP contribution >= 0.6 is 0 Å². The lowest BCUT2D eigenvalue weighted by Gasteiger charge is -2.18. The molecule has 0 radical (unpaired) electrons. The SMILES string of the molecule is CCC1OCCC1CNC(=O)C1CC(OC)CN1. The minimum absolute atomic E-state index is 0.0938. The van der Waals surface area contributed by atoms with Gasteiger partial charge in [0, 0.05) is 32.7 Å². The molecular formula is C13H24N2O3. The number of ether oxygens (including phenoxy) is 2. The maximum absolute atomic E-state index is 12.0. The molecule has 2 aliphatic heterocycles. The third-order valence-electron chi connectivity index (χ3n) is 4.03. The van der Waals surface area contributed by atoms with E-state index in [2.05, 4.69) is 17.6 Å². The van der Waals surface area contributed by atoms with Gasteiger partial charge in [0.1, 0.15) is 0 Å². The zero-order chi connectivity index (χ0) is 13.0. The molecule has 5 heteroatoms. The van der Waals surface area contributed by atoms with Crippen LogP contribution in [0.25, 0.3) is 0 Å². The Bertz CT molecular complexity index is 285. The summed E-state index contributed by atoms with van der Waals surface area (Å²) in [7, 11) is 1.69. The Labute approximate surface area is 109 Å². The topological polar surface area (TPSA) is 59.6 Å². The quantitative estimate of drug-likeness (QED) is 0.742. The van der Waals surface area contributed by atoms with Crippen LogP contribution in [0.4, 0.5) is 0 Å². The van der Waals surface area contributed by atoms with Gasteiger partial charge in [-0.05, 0) is 19.3 Å². The van der Waals surface area contributed by atoms with Gasteiger partial charge in [-0.25, -0.2) is 0 Å². The summed E-state index contributed by atoms with van der Waals surface area (Å²) in [6.45, 7) is 4.45. The Morgan fingerprint density at radius 1 is 1.56 bits per heavy atom. The first-order valence-electron chi connectivity index (χ1n) is 6.90. The number of amides is 1. The van der Waals surface area contributed by atoms with Gasteiger partial charge in [0.2, 0.25) is 5.91 Å². The molecule has 5 nitrogen and oxygen atoms in total. The van der Waals surface area contributed by atoms with Crippen LogP contribution < -0.4 is 10.6 Å². The van der Waals surface area contributed by atoms with Gasteiger partial charge < -0.3 is 20.1 Å². The summed E-state index contributed by atoms with van der Waals surface area (Å²) in [5.41, 5.74) is 0. The summed E-state index contributed by atoms with van der Waals surface area (Å²) < 4.78 is 10.9. The lowest BCUT2D eigenvalue weighted by molar-refractivity contribution is -0.123. The summed E-state index contributed by atoms with van der Waals surface area (Å²) >= 11 is 0. The van der Waals surface area contributed by atoms with Crippen molar-refractivity contribution in [3.63, 3.8) is 0 Å². The Kier molecular flexibility index (Phi) is 4.97. The van der Waals surface area contributed by atoms with E-state index in [1.807, 2.05) is 0 Å². The number of hydrogen-bond acceptors (Lipinski definition) is 4. The lowest BCUT2D eigenvalue weighted by atomic mass is 9.99.